The molecule has 0 bridgehead atoms. The fourth-order valence-corrected chi connectivity index (χ4v) is 0.614. The van der Waals surface area contributed by atoms with E-state index in [1.807, 2.05) is 0 Å². The molecule has 1 N–H and O–H groups in total. The largest absolute Gasteiger partial charge is 0.467 e. The number of amides is 1. The molecule has 0 radical (unpaired) electrons. The number of carbonyl (C=O) groups excluding carboxylic acids is 2. The second-order valence-electron chi connectivity index (χ2n) is 1.97. The number of rotatable bonds is 3. The van der Waals surface area contributed by atoms with Gasteiger partial charge in [-0.25, -0.2) is 4.79 Å². The maximum atomic E-state index is 10.7. The molecular formula is C6H11NO3S. The van der Waals surface area contributed by atoms with Gasteiger partial charge in [-0.1, -0.05) is 0 Å². The highest BCUT2D eigenvalue weighted by atomic mass is 32.1. The molecule has 0 rings (SSSR count). The molecule has 0 spiro atoms. The molecular weight excluding hydrogens is 166 g/mol. The maximum absolute atomic E-state index is 10.7. The van der Waals surface area contributed by atoms with Crippen molar-refractivity contribution >= 4 is 24.5 Å². The Morgan fingerprint density at radius 2 is 2.18 bits per heavy atom. The average molecular weight is 177 g/mol. The molecule has 0 saturated heterocycles. The summed E-state index contributed by atoms with van der Waals surface area (Å²) in [6.45, 7) is 1.55. The average Bonchev–Trinajstić information content (AvgIpc) is 2.02. The summed E-state index contributed by atoms with van der Waals surface area (Å²) < 4.78 is 4.38. The van der Waals surface area contributed by atoms with Gasteiger partial charge in [0.2, 0.25) is 5.91 Å². The summed E-state index contributed by atoms with van der Waals surface area (Å²) in [6, 6.07) is -0.598. The van der Waals surface area contributed by atoms with Gasteiger partial charge in [0.1, 0.15) is 6.04 Å². The van der Waals surface area contributed by atoms with Crippen LogP contribution in [0.2, 0.25) is 0 Å². The van der Waals surface area contributed by atoms with Gasteiger partial charge in [0.05, 0.1) is 12.9 Å². The number of nitrogens with one attached hydrogen (secondary N) is 1. The van der Waals surface area contributed by atoms with Crippen LogP contribution in [-0.4, -0.2) is 30.8 Å². The first-order chi connectivity index (χ1) is 5.11. The van der Waals surface area contributed by atoms with Gasteiger partial charge in [0, 0.05) is 0 Å². The minimum Gasteiger partial charge on any atom is -0.467 e. The smallest absolute Gasteiger partial charge is 0.328 e. The zero-order chi connectivity index (χ0) is 8.85. The van der Waals surface area contributed by atoms with Crippen LogP contribution < -0.4 is 5.32 Å². The van der Waals surface area contributed by atoms with E-state index in [0.717, 1.165) is 0 Å². The molecule has 0 aromatic carbocycles. The van der Waals surface area contributed by atoms with Gasteiger partial charge < -0.3 is 10.1 Å². The van der Waals surface area contributed by atoms with Crippen molar-refractivity contribution in [2.24, 2.45) is 0 Å². The van der Waals surface area contributed by atoms with Crippen molar-refractivity contribution in [2.45, 2.75) is 13.0 Å². The van der Waals surface area contributed by atoms with Gasteiger partial charge in [0.25, 0.3) is 0 Å². The van der Waals surface area contributed by atoms with Crippen LogP contribution in [0.1, 0.15) is 6.92 Å². The molecule has 0 heterocycles. The quantitative estimate of drug-likeness (QED) is 0.455. The van der Waals surface area contributed by atoms with Gasteiger partial charge in [0.15, 0.2) is 0 Å². The van der Waals surface area contributed by atoms with Crippen molar-refractivity contribution in [3.05, 3.63) is 0 Å². The van der Waals surface area contributed by atoms with E-state index in [4.69, 9.17) is 0 Å². The van der Waals surface area contributed by atoms with Crippen molar-refractivity contribution in [2.75, 3.05) is 12.9 Å². The number of methoxy groups -OCH3 is 1. The lowest BCUT2D eigenvalue weighted by Crippen LogP contribution is -2.39. The topological polar surface area (TPSA) is 55.4 Å². The summed E-state index contributed by atoms with van der Waals surface area (Å²) >= 11 is 3.72. The van der Waals surface area contributed by atoms with Crippen LogP contribution in [0.3, 0.4) is 0 Å². The lowest BCUT2D eigenvalue weighted by Gasteiger charge is -2.09. The van der Waals surface area contributed by atoms with E-state index in [1.165, 1.54) is 7.11 Å². The second kappa shape index (κ2) is 5.01. The van der Waals surface area contributed by atoms with Crippen molar-refractivity contribution in [1.82, 2.24) is 5.32 Å². The first-order valence-electron chi connectivity index (χ1n) is 3.10. The predicted molar refractivity (Wildman–Crippen MR) is 43.5 cm³/mol. The Morgan fingerprint density at radius 1 is 1.64 bits per heavy atom. The highest BCUT2D eigenvalue weighted by molar-refractivity contribution is 7.81. The molecule has 0 aliphatic carbocycles. The highest BCUT2D eigenvalue weighted by Gasteiger charge is 2.13. The normalized spacial score (nSPS) is 11.9. The SMILES string of the molecule is COC(=O)[C@H](C)NC(=O)CS. The Labute approximate surface area is 70.7 Å². The van der Waals surface area contributed by atoms with E-state index < -0.39 is 12.0 Å². The summed E-state index contributed by atoms with van der Waals surface area (Å²) in [7, 11) is 1.27. The Balaban J connectivity index is 3.77. The van der Waals surface area contributed by atoms with Crippen molar-refractivity contribution in [1.29, 1.82) is 0 Å². The van der Waals surface area contributed by atoms with Gasteiger partial charge in [-0.15, -0.1) is 0 Å². The first kappa shape index (κ1) is 10.3. The van der Waals surface area contributed by atoms with Crippen LogP contribution >= 0.6 is 12.6 Å². The predicted octanol–water partition coefficient (Wildman–Crippen LogP) is -0.406. The number of thiol groups is 1. The number of carbonyl (C=O) groups is 2. The fourth-order valence-electron chi connectivity index (χ4n) is 0.523. The van der Waals surface area contributed by atoms with E-state index in [0.29, 0.717) is 0 Å². The lowest BCUT2D eigenvalue weighted by molar-refractivity contribution is -0.144. The standard InChI is InChI=1S/C6H11NO3S/c1-4(6(9)10-2)7-5(8)3-11/h4,11H,3H2,1-2H3,(H,7,8)/t4-/m0/s1. The zero-order valence-corrected chi connectivity index (χ0v) is 7.35. The van der Waals surface area contributed by atoms with Crippen molar-refractivity contribution in [3.8, 4) is 0 Å². The molecule has 0 saturated carbocycles. The molecule has 0 aliphatic rings. The molecule has 0 aliphatic heterocycles. The first-order valence-corrected chi connectivity index (χ1v) is 3.73. The van der Waals surface area contributed by atoms with E-state index in [-0.39, 0.29) is 11.7 Å². The van der Waals surface area contributed by atoms with Crippen molar-refractivity contribution in [3.63, 3.8) is 0 Å². The number of hydrogen-bond acceptors (Lipinski definition) is 4. The van der Waals surface area contributed by atoms with Crippen LogP contribution in [0.5, 0.6) is 0 Å². The molecule has 5 heteroatoms. The Hall–Kier alpha value is -0.710. The van der Waals surface area contributed by atoms with Crippen molar-refractivity contribution < 1.29 is 14.3 Å². The minimum atomic E-state index is -0.598. The van der Waals surface area contributed by atoms with Crippen LogP contribution in [0, 0.1) is 0 Å². The van der Waals surface area contributed by atoms with Gasteiger partial charge in [-0.3, -0.25) is 4.79 Å². The molecule has 0 fully saturated rings. The second-order valence-corrected chi connectivity index (χ2v) is 2.29. The number of ether oxygens (including phenoxy) is 1. The van der Waals surface area contributed by atoms with Gasteiger partial charge in [-0.05, 0) is 6.92 Å². The van der Waals surface area contributed by atoms with Gasteiger partial charge in [-0.2, -0.15) is 12.6 Å². The van der Waals surface area contributed by atoms with Crippen LogP contribution in [0.4, 0.5) is 0 Å². The Kier molecular flexibility index (Phi) is 4.69. The van der Waals surface area contributed by atoms with E-state index >= 15 is 0 Å². The number of esters is 1. The molecule has 64 valence electrons. The Morgan fingerprint density at radius 3 is 2.55 bits per heavy atom. The van der Waals surface area contributed by atoms with Gasteiger partial charge >= 0.3 is 5.97 Å². The summed E-state index contributed by atoms with van der Waals surface area (Å²) in [4.78, 5) is 21.3. The monoisotopic (exact) mass is 177 g/mol. The van der Waals surface area contributed by atoms with Crippen LogP contribution in [0.25, 0.3) is 0 Å². The molecule has 1 atom stereocenters. The third kappa shape index (κ3) is 3.87. The Bertz CT molecular complexity index is 160. The van der Waals surface area contributed by atoms with Crippen LogP contribution in [-0.2, 0) is 14.3 Å². The summed E-state index contributed by atoms with van der Waals surface area (Å²) in [5, 5.41) is 2.39. The minimum absolute atomic E-state index is 0.0708. The molecule has 0 aromatic rings. The van der Waals surface area contributed by atoms with E-state index in [1.54, 1.807) is 6.92 Å². The molecule has 0 unspecified atom stereocenters. The fraction of sp³-hybridized carbons (Fsp3) is 0.667. The van der Waals surface area contributed by atoms with E-state index in [9.17, 15) is 9.59 Å². The maximum Gasteiger partial charge on any atom is 0.328 e. The summed E-state index contributed by atoms with van der Waals surface area (Å²) in [6.07, 6.45) is 0. The number of hydrogen-bond donors (Lipinski definition) is 2. The van der Waals surface area contributed by atoms with E-state index in [2.05, 4.69) is 22.7 Å². The molecule has 11 heavy (non-hydrogen) atoms. The zero-order valence-electron chi connectivity index (χ0n) is 6.46. The third-order valence-electron chi connectivity index (χ3n) is 1.08. The highest BCUT2D eigenvalue weighted by Crippen LogP contribution is 1.86. The summed E-state index contributed by atoms with van der Waals surface area (Å²) in [5.41, 5.74) is 0. The van der Waals surface area contributed by atoms with Crippen LogP contribution in [0.15, 0.2) is 0 Å². The molecule has 1 amide bonds. The molecule has 0 aromatic heterocycles. The summed E-state index contributed by atoms with van der Waals surface area (Å²) in [5.74, 6) is -0.673. The third-order valence-corrected chi connectivity index (χ3v) is 1.36. The molecule has 4 nitrogen and oxygen atoms in total. The lowest BCUT2D eigenvalue weighted by atomic mass is 10.3.